The van der Waals surface area contributed by atoms with E-state index in [1.165, 1.54) is 15.8 Å². The van der Waals surface area contributed by atoms with Crippen LogP contribution < -0.4 is 10.1 Å². The Kier molecular flexibility index (Phi) is 4.10. The van der Waals surface area contributed by atoms with Crippen LogP contribution in [0.4, 0.5) is 11.4 Å². The van der Waals surface area contributed by atoms with Crippen molar-refractivity contribution in [2.45, 2.75) is 12.8 Å². The highest BCUT2D eigenvalue weighted by Crippen LogP contribution is 2.44. The van der Waals surface area contributed by atoms with Gasteiger partial charge in [-0.2, -0.15) is 0 Å². The van der Waals surface area contributed by atoms with Crippen LogP contribution in [0.2, 0.25) is 0 Å². The molecular weight excluding hydrogens is 366 g/mol. The Hall–Kier alpha value is -3.18. The topological polar surface area (TPSA) is 58.0 Å². The van der Waals surface area contributed by atoms with E-state index >= 15 is 0 Å². The van der Waals surface area contributed by atoms with E-state index in [9.17, 15) is 0 Å². The molecule has 1 aliphatic carbocycles. The molecule has 0 fully saturated rings. The summed E-state index contributed by atoms with van der Waals surface area (Å²) >= 11 is 1.74. The van der Waals surface area contributed by atoms with Crippen molar-refractivity contribution >= 4 is 38.5 Å². The largest absolute Gasteiger partial charge is 0.497 e. The van der Waals surface area contributed by atoms with Crippen LogP contribution in [-0.4, -0.2) is 17.8 Å². The summed E-state index contributed by atoms with van der Waals surface area (Å²) in [6.07, 6.45) is 5.54. The van der Waals surface area contributed by atoms with Gasteiger partial charge >= 0.3 is 0 Å². The van der Waals surface area contributed by atoms with Crippen LogP contribution in [0.15, 0.2) is 60.9 Å². The van der Waals surface area contributed by atoms with Crippen molar-refractivity contribution < 1.29 is 4.74 Å². The summed E-state index contributed by atoms with van der Waals surface area (Å²) in [6.45, 7) is 0. The summed E-state index contributed by atoms with van der Waals surface area (Å²) in [5.41, 5.74) is 6.38. The van der Waals surface area contributed by atoms with Crippen molar-refractivity contribution in [2.24, 2.45) is 0 Å². The number of methoxy groups -OCH3 is 1. The minimum atomic E-state index is 0.743. The number of aryl methyl sites for hydroxylation is 1. The standard InChI is InChI=1S/C23H19N3OS/c1-27-17-6-2-14(3-7-17)23-22(19-10-11-25-13-21(19)28-23)26-16-5-8-18-15(12-16)4-9-20(18)24/h2-3,5-8,10-13,24,26H,4,9H2,1H3. The number of anilines is 2. The third-order valence-electron chi connectivity index (χ3n) is 5.19. The molecule has 2 heterocycles. The molecule has 0 saturated carbocycles. The van der Waals surface area contributed by atoms with Crippen LogP contribution in [-0.2, 0) is 6.42 Å². The Morgan fingerprint density at radius 2 is 1.93 bits per heavy atom. The molecule has 138 valence electrons. The fourth-order valence-corrected chi connectivity index (χ4v) is 4.86. The third kappa shape index (κ3) is 2.84. The molecule has 4 nitrogen and oxygen atoms in total. The maximum absolute atomic E-state index is 8.05. The second kappa shape index (κ2) is 6.77. The first kappa shape index (κ1) is 17.0. The number of nitrogens with zero attached hydrogens (tertiary/aromatic N) is 1. The molecule has 0 atom stereocenters. The van der Waals surface area contributed by atoms with Gasteiger partial charge in [0.1, 0.15) is 5.75 Å². The van der Waals surface area contributed by atoms with E-state index in [4.69, 9.17) is 10.1 Å². The van der Waals surface area contributed by atoms with Crippen molar-refractivity contribution in [1.82, 2.24) is 4.98 Å². The lowest BCUT2D eigenvalue weighted by molar-refractivity contribution is 0.415. The lowest BCUT2D eigenvalue weighted by Gasteiger charge is -2.11. The maximum Gasteiger partial charge on any atom is 0.118 e. The number of hydrogen-bond donors (Lipinski definition) is 2. The third-order valence-corrected chi connectivity index (χ3v) is 6.38. The van der Waals surface area contributed by atoms with E-state index in [1.54, 1.807) is 18.4 Å². The first-order valence-electron chi connectivity index (χ1n) is 9.21. The van der Waals surface area contributed by atoms with E-state index in [0.717, 1.165) is 51.5 Å². The fraction of sp³-hybridized carbons (Fsp3) is 0.130. The van der Waals surface area contributed by atoms with Crippen LogP contribution in [0.5, 0.6) is 5.75 Å². The Bertz CT molecular complexity index is 1190. The molecule has 0 aliphatic heterocycles. The summed E-state index contributed by atoms with van der Waals surface area (Å²) in [7, 11) is 1.68. The van der Waals surface area contributed by atoms with Crippen LogP contribution in [0, 0.1) is 5.41 Å². The Balaban J connectivity index is 1.60. The summed E-state index contributed by atoms with van der Waals surface area (Å²) < 4.78 is 6.45. The SMILES string of the molecule is COc1ccc(-c2sc3cnccc3c2Nc2ccc3c(c2)CCC3=N)cc1. The van der Waals surface area contributed by atoms with E-state index < -0.39 is 0 Å². The lowest BCUT2D eigenvalue weighted by atomic mass is 10.1. The first-order valence-corrected chi connectivity index (χ1v) is 10.0. The molecule has 1 aliphatic rings. The fourth-order valence-electron chi connectivity index (χ4n) is 3.73. The van der Waals surface area contributed by atoms with Gasteiger partial charge in [0.25, 0.3) is 0 Å². The molecule has 0 bridgehead atoms. The number of thiophene rings is 1. The predicted octanol–water partition coefficient (Wildman–Crippen LogP) is 6.03. The van der Waals surface area contributed by atoms with E-state index in [2.05, 4.69) is 46.7 Å². The van der Waals surface area contributed by atoms with Crippen LogP contribution in [0.1, 0.15) is 17.5 Å². The zero-order chi connectivity index (χ0) is 19.1. The van der Waals surface area contributed by atoms with Crippen molar-refractivity contribution in [3.8, 4) is 16.2 Å². The van der Waals surface area contributed by atoms with Gasteiger partial charge in [0.2, 0.25) is 0 Å². The zero-order valence-corrected chi connectivity index (χ0v) is 16.3. The van der Waals surface area contributed by atoms with Gasteiger partial charge in [-0.25, -0.2) is 0 Å². The van der Waals surface area contributed by atoms with Crippen molar-refractivity contribution in [1.29, 1.82) is 5.41 Å². The summed E-state index contributed by atoms with van der Waals surface area (Å²) in [5, 5.41) is 12.9. The lowest BCUT2D eigenvalue weighted by Crippen LogP contribution is -1.95. The number of benzene rings is 2. The second-order valence-electron chi connectivity index (χ2n) is 6.88. The van der Waals surface area contributed by atoms with Gasteiger partial charge < -0.3 is 15.5 Å². The minimum Gasteiger partial charge on any atom is -0.497 e. The van der Waals surface area contributed by atoms with E-state index in [1.807, 2.05) is 24.5 Å². The Morgan fingerprint density at radius 1 is 1.07 bits per heavy atom. The second-order valence-corrected chi connectivity index (χ2v) is 7.93. The van der Waals surface area contributed by atoms with E-state index in [0.29, 0.717) is 0 Å². The molecule has 5 heteroatoms. The molecule has 0 saturated heterocycles. The molecule has 0 spiro atoms. The molecule has 2 aromatic carbocycles. The molecule has 28 heavy (non-hydrogen) atoms. The minimum absolute atomic E-state index is 0.743. The van der Waals surface area contributed by atoms with Crippen LogP contribution >= 0.6 is 11.3 Å². The molecular formula is C23H19N3OS. The molecule has 2 aromatic heterocycles. The smallest absolute Gasteiger partial charge is 0.118 e. The summed E-state index contributed by atoms with van der Waals surface area (Å²) in [6, 6.07) is 16.5. The predicted molar refractivity (Wildman–Crippen MR) is 116 cm³/mol. The number of ether oxygens (including phenoxy) is 1. The average molecular weight is 385 g/mol. The maximum atomic E-state index is 8.05. The quantitative estimate of drug-likeness (QED) is 0.451. The van der Waals surface area contributed by atoms with Crippen molar-refractivity contribution in [3.05, 3.63) is 72.1 Å². The van der Waals surface area contributed by atoms with Gasteiger partial charge in [-0.05, 0) is 72.0 Å². The Morgan fingerprint density at radius 3 is 2.75 bits per heavy atom. The number of aromatic nitrogens is 1. The summed E-state index contributed by atoms with van der Waals surface area (Å²) in [4.78, 5) is 5.47. The monoisotopic (exact) mass is 385 g/mol. The number of hydrogen-bond acceptors (Lipinski definition) is 5. The highest BCUT2D eigenvalue weighted by molar-refractivity contribution is 7.23. The van der Waals surface area contributed by atoms with Gasteiger partial charge in [0, 0.05) is 29.2 Å². The molecule has 0 radical (unpaired) electrons. The molecule has 0 amide bonds. The number of fused-ring (bicyclic) bond motifs is 2. The number of pyridine rings is 1. The molecule has 4 aromatic rings. The van der Waals surface area contributed by atoms with E-state index in [-0.39, 0.29) is 0 Å². The van der Waals surface area contributed by atoms with Gasteiger partial charge in [-0.1, -0.05) is 6.07 Å². The van der Waals surface area contributed by atoms with Crippen molar-refractivity contribution in [3.63, 3.8) is 0 Å². The highest BCUT2D eigenvalue weighted by atomic mass is 32.1. The molecule has 5 rings (SSSR count). The normalized spacial score (nSPS) is 13.0. The van der Waals surface area contributed by atoms with Crippen LogP contribution in [0.25, 0.3) is 20.5 Å². The molecule has 0 unspecified atom stereocenters. The summed E-state index contributed by atoms with van der Waals surface area (Å²) in [5.74, 6) is 0.849. The number of rotatable bonds is 4. The average Bonchev–Trinajstić information content (AvgIpc) is 3.29. The zero-order valence-electron chi connectivity index (χ0n) is 15.5. The first-order chi connectivity index (χ1) is 13.7. The Labute approximate surface area is 167 Å². The van der Waals surface area contributed by atoms with Gasteiger partial charge in [-0.3, -0.25) is 4.98 Å². The molecule has 2 N–H and O–H groups in total. The van der Waals surface area contributed by atoms with Crippen LogP contribution in [0.3, 0.4) is 0 Å². The van der Waals surface area contributed by atoms with Gasteiger partial charge in [0.15, 0.2) is 0 Å². The highest BCUT2D eigenvalue weighted by Gasteiger charge is 2.18. The number of nitrogens with one attached hydrogen (secondary N) is 2. The van der Waals surface area contributed by atoms with Gasteiger partial charge in [-0.15, -0.1) is 11.3 Å². The van der Waals surface area contributed by atoms with Crippen molar-refractivity contribution in [2.75, 3.05) is 12.4 Å². The van der Waals surface area contributed by atoms with Gasteiger partial charge in [0.05, 0.1) is 22.4 Å².